The fraction of sp³-hybridized carbons (Fsp3) is 0.0476. The number of halogens is 1. The molecule has 3 nitrogen and oxygen atoms in total. The van der Waals surface area contributed by atoms with E-state index in [0.717, 1.165) is 16.3 Å². The third-order valence-corrected chi connectivity index (χ3v) is 5.23. The molecule has 3 aromatic carbocycles. The maximum atomic E-state index is 12.3. The smallest absolute Gasteiger partial charge is 0.175 e. The normalized spacial score (nSPS) is 10.3. The molecule has 0 aromatic heterocycles. The molecule has 0 aliphatic heterocycles. The van der Waals surface area contributed by atoms with Crippen LogP contribution in [0.2, 0.25) is 5.02 Å². The molecule has 0 aliphatic rings. The van der Waals surface area contributed by atoms with Crippen LogP contribution in [0.15, 0.2) is 83.8 Å². The number of nitrogens with one attached hydrogen (secondary N) is 2. The van der Waals surface area contributed by atoms with Crippen molar-refractivity contribution >= 4 is 57.9 Å². The summed E-state index contributed by atoms with van der Waals surface area (Å²) in [4.78, 5) is 13.3. The molecule has 0 aliphatic carbocycles. The van der Waals surface area contributed by atoms with Gasteiger partial charge in [0.1, 0.15) is 0 Å². The van der Waals surface area contributed by atoms with Gasteiger partial charge in [-0.2, -0.15) is 0 Å². The number of carbonyl (C=O) groups excluding carboxylic acids is 1. The van der Waals surface area contributed by atoms with Gasteiger partial charge in [-0.05, 0) is 60.7 Å². The zero-order valence-electron chi connectivity index (χ0n) is 14.3. The van der Waals surface area contributed by atoms with Crippen molar-refractivity contribution in [2.24, 2.45) is 0 Å². The average molecular weight is 413 g/mol. The monoisotopic (exact) mass is 412 g/mol. The first-order valence-corrected chi connectivity index (χ1v) is 10.0. The lowest BCUT2D eigenvalue weighted by molar-refractivity contribution is 0.102. The van der Waals surface area contributed by atoms with Gasteiger partial charge in [-0.15, -0.1) is 11.8 Å². The van der Waals surface area contributed by atoms with Crippen molar-refractivity contribution in [1.29, 1.82) is 0 Å². The zero-order chi connectivity index (χ0) is 19.1. The van der Waals surface area contributed by atoms with E-state index in [-0.39, 0.29) is 5.78 Å². The van der Waals surface area contributed by atoms with Crippen LogP contribution < -0.4 is 10.6 Å². The van der Waals surface area contributed by atoms with Crippen LogP contribution in [0.25, 0.3) is 0 Å². The second-order valence-corrected chi connectivity index (χ2v) is 7.53. The molecule has 6 heteroatoms. The summed E-state index contributed by atoms with van der Waals surface area (Å²) in [6, 6.07) is 24.6. The Hall–Kier alpha value is -2.34. The zero-order valence-corrected chi connectivity index (χ0v) is 16.7. The topological polar surface area (TPSA) is 41.1 Å². The number of rotatable bonds is 6. The summed E-state index contributed by atoms with van der Waals surface area (Å²) in [5.74, 6) is 0.353. The minimum Gasteiger partial charge on any atom is -0.332 e. The van der Waals surface area contributed by atoms with E-state index in [4.69, 9.17) is 23.8 Å². The molecule has 0 fully saturated rings. The van der Waals surface area contributed by atoms with Crippen LogP contribution in [-0.4, -0.2) is 16.6 Å². The number of ketones is 1. The highest BCUT2D eigenvalue weighted by atomic mass is 35.5. The number of anilines is 2. The van der Waals surface area contributed by atoms with Gasteiger partial charge >= 0.3 is 0 Å². The Balaban J connectivity index is 1.52. The molecule has 2 N–H and O–H groups in total. The van der Waals surface area contributed by atoms with Crippen molar-refractivity contribution in [3.8, 4) is 0 Å². The summed E-state index contributed by atoms with van der Waals surface area (Å²) in [6.45, 7) is 0. The van der Waals surface area contributed by atoms with E-state index in [1.807, 2.05) is 66.7 Å². The van der Waals surface area contributed by atoms with Crippen molar-refractivity contribution < 1.29 is 4.79 Å². The minimum atomic E-state index is 0.0149. The first kappa shape index (κ1) is 19.4. The molecule has 0 radical (unpaired) electrons. The van der Waals surface area contributed by atoms with E-state index in [0.29, 0.717) is 21.5 Å². The van der Waals surface area contributed by atoms with E-state index >= 15 is 0 Å². The number of carbonyl (C=O) groups is 1. The minimum absolute atomic E-state index is 0.0149. The van der Waals surface area contributed by atoms with Gasteiger partial charge in [0, 0.05) is 21.8 Å². The lowest BCUT2D eigenvalue weighted by atomic mass is 10.1. The molecule has 0 saturated heterocycles. The lowest BCUT2D eigenvalue weighted by Crippen LogP contribution is -2.18. The maximum absolute atomic E-state index is 12.3. The first-order valence-electron chi connectivity index (χ1n) is 8.25. The number of benzene rings is 3. The Kier molecular flexibility index (Phi) is 6.87. The van der Waals surface area contributed by atoms with Crippen LogP contribution in [0, 0.1) is 0 Å². The third-order valence-electron chi connectivity index (χ3n) is 3.69. The van der Waals surface area contributed by atoms with Crippen molar-refractivity contribution in [2.75, 3.05) is 16.4 Å². The highest BCUT2D eigenvalue weighted by Crippen LogP contribution is 2.23. The fourth-order valence-corrected chi connectivity index (χ4v) is 3.62. The van der Waals surface area contributed by atoms with E-state index in [1.165, 1.54) is 11.8 Å². The molecule has 0 heterocycles. The number of para-hydroxylation sites is 1. The molecule has 0 spiro atoms. The SMILES string of the molecule is O=C(CSc1ccc(NC(=S)Nc2ccccc2)cc1)c1ccccc1Cl. The van der Waals surface area contributed by atoms with Gasteiger partial charge in [0.2, 0.25) is 0 Å². The number of thiocarbonyl (C=S) groups is 1. The van der Waals surface area contributed by atoms with Gasteiger partial charge < -0.3 is 10.6 Å². The predicted molar refractivity (Wildman–Crippen MR) is 119 cm³/mol. The standard InChI is InChI=1S/C21H17ClN2OS2/c22-19-9-5-4-8-18(19)20(25)14-27-17-12-10-16(11-13-17)24-21(26)23-15-6-2-1-3-7-15/h1-13H,14H2,(H2,23,24,26). The quantitative estimate of drug-likeness (QED) is 0.290. The molecule has 136 valence electrons. The van der Waals surface area contributed by atoms with Gasteiger partial charge in [0.05, 0.1) is 10.8 Å². The highest BCUT2D eigenvalue weighted by molar-refractivity contribution is 8.00. The maximum Gasteiger partial charge on any atom is 0.175 e. The molecular weight excluding hydrogens is 396 g/mol. The first-order chi connectivity index (χ1) is 13.1. The summed E-state index contributed by atoms with van der Waals surface area (Å²) < 4.78 is 0. The third kappa shape index (κ3) is 5.82. The fourth-order valence-electron chi connectivity index (χ4n) is 2.36. The van der Waals surface area contributed by atoms with E-state index in [1.54, 1.807) is 12.1 Å². The summed E-state index contributed by atoms with van der Waals surface area (Å²) in [7, 11) is 0. The van der Waals surface area contributed by atoms with Crippen LogP contribution in [0.3, 0.4) is 0 Å². The van der Waals surface area contributed by atoms with E-state index in [2.05, 4.69) is 10.6 Å². The Morgan fingerprint density at radius 1 is 0.852 bits per heavy atom. The Morgan fingerprint density at radius 3 is 2.11 bits per heavy atom. The molecule has 0 saturated carbocycles. The summed E-state index contributed by atoms with van der Waals surface area (Å²) in [6.07, 6.45) is 0. The summed E-state index contributed by atoms with van der Waals surface area (Å²) in [5, 5.41) is 7.28. The largest absolute Gasteiger partial charge is 0.332 e. The number of hydrogen-bond acceptors (Lipinski definition) is 3. The van der Waals surface area contributed by atoms with Crippen molar-refractivity contribution in [2.45, 2.75) is 4.90 Å². The molecule has 0 unspecified atom stereocenters. The second-order valence-electron chi connectivity index (χ2n) is 5.66. The lowest BCUT2D eigenvalue weighted by Gasteiger charge is -2.11. The van der Waals surface area contributed by atoms with E-state index < -0.39 is 0 Å². The number of thioether (sulfide) groups is 1. The van der Waals surface area contributed by atoms with Gasteiger partial charge in [-0.25, -0.2) is 0 Å². The molecular formula is C21H17ClN2OS2. The van der Waals surface area contributed by atoms with Gasteiger partial charge in [0.25, 0.3) is 0 Å². The molecule has 27 heavy (non-hydrogen) atoms. The number of hydrogen-bond donors (Lipinski definition) is 2. The highest BCUT2D eigenvalue weighted by Gasteiger charge is 2.10. The van der Waals surface area contributed by atoms with Crippen LogP contribution in [0.1, 0.15) is 10.4 Å². The summed E-state index contributed by atoms with van der Waals surface area (Å²) >= 11 is 12.9. The molecule has 0 atom stereocenters. The van der Waals surface area contributed by atoms with Crippen LogP contribution >= 0.6 is 35.6 Å². The summed E-state index contributed by atoms with van der Waals surface area (Å²) in [5.41, 5.74) is 2.37. The van der Waals surface area contributed by atoms with Gasteiger partial charge in [-0.3, -0.25) is 4.79 Å². The molecule has 0 amide bonds. The van der Waals surface area contributed by atoms with Crippen LogP contribution in [-0.2, 0) is 0 Å². The van der Waals surface area contributed by atoms with Gasteiger partial charge in [0.15, 0.2) is 10.9 Å². The Bertz CT molecular complexity index is 930. The average Bonchev–Trinajstić information content (AvgIpc) is 2.68. The molecule has 3 aromatic rings. The van der Waals surface area contributed by atoms with Crippen molar-refractivity contribution in [1.82, 2.24) is 0 Å². The molecule has 0 bridgehead atoms. The van der Waals surface area contributed by atoms with Gasteiger partial charge in [-0.1, -0.05) is 41.9 Å². The number of Topliss-reactive ketones (excluding diaryl/α,β-unsaturated/α-hetero) is 1. The van der Waals surface area contributed by atoms with Crippen LogP contribution in [0.5, 0.6) is 0 Å². The molecule has 3 rings (SSSR count). The Morgan fingerprint density at radius 2 is 1.44 bits per heavy atom. The Labute approximate surface area is 173 Å². The predicted octanol–water partition coefficient (Wildman–Crippen LogP) is 6.12. The van der Waals surface area contributed by atoms with Crippen molar-refractivity contribution in [3.05, 3.63) is 89.4 Å². The second kappa shape index (κ2) is 9.55. The van der Waals surface area contributed by atoms with Crippen LogP contribution in [0.4, 0.5) is 11.4 Å². The van der Waals surface area contributed by atoms with Crippen molar-refractivity contribution in [3.63, 3.8) is 0 Å². The van der Waals surface area contributed by atoms with E-state index in [9.17, 15) is 4.79 Å².